The molecule has 1 aliphatic heterocycles. The van der Waals surface area contributed by atoms with Gasteiger partial charge in [-0.3, -0.25) is 4.55 Å². The second-order valence-electron chi connectivity index (χ2n) is 2.41. The van der Waals surface area contributed by atoms with Gasteiger partial charge in [-0.15, -0.1) is 0 Å². The summed E-state index contributed by atoms with van der Waals surface area (Å²) in [6.45, 7) is 1.15. The Morgan fingerprint density at radius 1 is 1.64 bits per heavy atom. The first-order chi connectivity index (χ1) is 5.08. The fourth-order valence-corrected chi connectivity index (χ4v) is 1.31. The molecule has 0 amide bonds. The zero-order valence-electron chi connectivity index (χ0n) is 5.99. The van der Waals surface area contributed by atoms with Gasteiger partial charge in [0.1, 0.15) is 0 Å². The van der Waals surface area contributed by atoms with Crippen LogP contribution < -0.4 is 0 Å². The van der Waals surface area contributed by atoms with Crippen LogP contribution in [-0.4, -0.2) is 31.9 Å². The molecule has 1 aliphatic rings. The largest absolute Gasteiger partial charge is 0.377 e. The molecule has 0 aromatic carbocycles. The molecule has 0 bridgehead atoms. The highest BCUT2D eigenvalue weighted by atomic mass is 32.2. The summed E-state index contributed by atoms with van der Waals surface area (Å²) in [5.41, 5.74) is 0.947. The Labute approximate surface area is 65.6 Å². The molecular formula is C6H10O4S. The topological polar surface area (TPSA) is 63.6 Å². The van der Waals surface area contributed by atoms with Crippen molar-refractivity contribution in [2.75, 3.05) is 19.0 Å². The molecular weight excluding hydrogens is 168 g/mol. The Bertz CT molecular complexity index is 244. The summed E-state index contributed by atoms with van der Waals surface area (Å²) in [6, 6.07) is 0. The van der Waals surface area contributed by atoms with Gasteiger partial charge >= 0.3 is 0 Å². The molecule has 1 rings (SSSR count). The van der Waals surface area contributed by atoms with Crippen LogP contribution in [0.3, 0.4) is 0 Å². The molecule has 0 saturated carbocycles. The normalized spacial score (nSPS) is 22.8. The van der Waals surface area contributed by atoms with E-state index in [2.05, 4.69) is 0 Å². The van der Waals surface area contributed by atoms with Crippen LogP contribution in [0.4, 0.5) is 0 Å². The molecule has 0 aliphatic carbocycles. The first-order valence-electron chi connectivity index (χ1n) is 3.29. The first-order valence-corrected chi connectivity index (χ1v) is 4.90. The van der Waals surface area contributed by atoms with Crippen LogP contribution in [0.1, 0.15) is 6.42 Å². The first kappa shape index (κ1) is 8.70. The van der Waals surface area contributed by atoms with Crippen LogP contribution in [-0.2, 0) is 14.9 Å². The molecule has 1 saturated heterocycles. The fourth-order valence-electron chi connectivity index (χ4n) is 0.863. The van der Waals surface area contributed by atoms with E-state index in [1.165, 1.54) is 6.08 Å². The monoisotopic (exact) mass is 178 g/mol. The summed E-state index contributed by atoms with van der Waals surface area (Å²) in [5.74, 6) is -0.300. The number of hydrogen-bond donors (Lipinski definition) is 1. The molecule has 1 heterocycles. The van der Waals surface area contributed by atoms with E-state index in [1.54, 1.807) is 0 Å². The van der Waals surface area contributed by atoms with Crippen LogP contribution in [0.15, 0.2) is 11.6 Å². The van der Waals surface area contributed by atoms with E-state index in [0.29, 0.717) is 13.2 Å². The van der Waals surface area contributed by atoms with Gasteiger partial charge in [-0.25, -0.2) is 0 Å². The highest BCUT2D eigenvalue weighted by Crippen LogP contribution is 2.10. The smallest absolute Gasteiger partial charge is 0.268 e. The Kier molecular flexibility index (Phi) is 2.64. The van der Waals surface area contributed by atoms with E-state index in [9.17, 15) is 8.42 Å². The van der Waals surface area contributed by atoms with Gasteiger partial charge in [0, 0.05) is 0 Å². The molecule has 0 aromatic rings. The van der Waals surface area contributed by atoms with Crippen LogP contribution in [0, 0.1) is 0 Å². The summed E-state index contributed by atoms with van der Waals surface area (Å²) in [4.78, 5) is 0. The van der Waals surface area contributed by atoms with E-state index in [1.807, 2.05) is 0 Å². The van der Waals surface area contributed by atoms with Crippen molar-refractivity contribution in [3.63, 3.8) is 0 Å². The predicted octanol–water partition coefficient (Wildman–Crippen LogP) is 0.221. The third kappa shape index (κ3) is 3.50. The highest BCUT2D eigenvalue weighted by molar-refractivity contribution is 7.85. The van der Waals surface area contributed by atoms with Gasteiger partial charge in [0.2, 0.25) is 0 Å². The Morgan fingerprint density at radius 3 is 2.82 bits per heavy atom. The van der Waals surface area contributed by atoms with E-state index in [4.69, 9.17) is 9.29 Å². The third-order valence-corrected chi connectivity index (χ3v) is 2.03. The second kappa shape index (κ2) is 3.34. The molecule has 0 radical (unpaired) electrons. The van der Waals surface area contributed by atoms with Crippen molar-refractivity contribution < 1.29 is 17.7 Å². The predicted molar refractivity (Wildman–Crippen MR) is 39.9 cm³/mol. The molecule has 0 unspecified atom stereocenters. The summed E-state index contributed by atoms with van der Waals surface area (Å²) in [5, 5.41) is 0. The Morgan fingerprint density at radius 2 is 2.36 bits per heavy atom. The molecule has 0 aromatic heterocycles. The van der Waals surface area contributed by atoms with Crippen molar-refractivity contribution in [1.82, 2.24) is 0 Å². The maximum atomic E-state index is 10.3. The van der Waals surface area contributed by atoms with Crippen LogP contribution >= 0.6 is 0 Å². The quantitative estimate of drug-likeness (QED) is 0.485. The lowest BCUT2D eigenvalue weighted by Crippen LogP contribution is -2.01. The van der Waals surface area contributed by atoms with Gasteiger partial charge in [-0.05, 0) is 12.0 Å². The summed E-state index contributed by atoms with van der Waals surface area (Å²) in [6.07, 6.45) is 2.28. The second-order valence-corrected chi connectivity index (χ2v) is 3.91. The Balaban J connectivity index is 2.47. The molecule has 1 fully saturated rings. The van der Waals surface area contributed by atoms with Crippen molar-refractivity contribution >= 4 is 10.1 Å². The van der Waals surface area contributed by atoms with Gasteiger partial charge in [-0.2, -0.15) is 8.42 Å². The SMILES string of the molecule is O=S(=O)(O)C/C=C1\CCOC1. The van der Waals surface area contributed by atoms with Crippen molar-refractivity contribution in [2.24, 2.45) is 0 Å². The van der Waals surface area contributed by atoms with E-state index in [0.717, 1.165) is 12.0 Å². The maximum Gasteiger partial charge on any atom is 0.268 e. The lowest BCUT2D eigenvalue weighted by atomic mass is 10.2. The van der Waals surface area contributed by atoms with Gasteiger partial charge in [0.05, 0.1) is 19.0 Å². The van der Waals surface area contributed by atoms with Crippen molar-refractivity contribution in [2.45, 2.75) is 6.42 Å². The van der Waals surface area contributed by atoms with Crippen molar-refractivity contribution in [3.05, 3.63) is 11.6 Å². The fraction of sp³-hybridized carbons (Fsp3) is 0.667. The molecule has 1 N–H and O–H groups in total. The zero-order chi connectivity index (χ0) is 8.32. The van der Waals surface area contributed by atoms with E-state index < -0.39 is 10.1 Å². The maximum absolute atomic E-state index is 10.3. The minimum absolute atomic E-state index is 0.300. The minimum Gasteiger partial charge on any atom is -0.377 e. The highest BCUT2D eigenvalue weighted by Gasteiger charge is 2.08. The third-order valence-electron chi connectivity index (χ3n) is 1.44. The molecule has 64 valence electrons. The van der Waals surface area contributed by atoms with E-state index in [-0.39, 0.29) is 5.75 Å². The molecule has 0 spiro atoms. The standard InChI is InChI=1S/C6H10O4S/c7-11(8,9)4-2-6-1-3-10-5-6/h2H,1,3-5H2,(H,7,8,9)/b6-2+. The van der Waals surface area contributed by atoms with E-state index >= 15 is 0 Å². The minimum atomic E-state index is -3.84. The van der Waals surface area contributed by atoms with Gasteiger partial charge < -0.3 is 4.74 Å². The summed E-state index contributed by atoms with van der Waals surface area (Å²) in [7, 11) is -3.84. The summed E-state index contributed by atoms with van der Waals surface area (Å²) < 4.78 is 33.9. The average Bonchev–Trinajstić information content (AvgIpc) is 2.32. The molecule has 11 heavy (non-hydrogen) atoms. The van der Waals surface area contributed by atoms with Gasteiger partial charge in [0.15, 0.2) is 0 Å². The van der Waals surface area contributed by atoms with Crippen LogP contribution in [0.2, 0.25) is 0 Å². The molecule has 0 atom stereocenters. The van der Waals surface area contributed by atoms with Crippen molar-refractivity contribution in [1.29, 1.82) is 0 Å². The molecule has 4 nitrogen and oxygen atoms in total. The van der Waals surface area contributed by atoms with Crippen molar-refractivity contribution in [3.8, 4) is 0 Å². The summed E-state index contributed by atoms with van der Waals surface area (Å²) >= 11 is 0. The lowest BCUT2D eigenvalue weighted by molar-refractivity contribution is 0.204. The lowest BCUT2D eigenvalue weighted by Gasteiger charge is -1.91. The zero-order valence-corrected chi connectivity index (χ0v) is 6.80. The van der Waals surface area contributed by atoms with Crippen LogP contribution in [0.5, 0.6) is 0 Å². The van der Waals surface area contributed by atoms with Crippen LogP contribution in [0.25, 0.3) is 0 Å². The van der Waals surface area contributed by atoms with Gasteiger partial charge in [0.25, 0.3) is 10.1 Å². The Hall–Kier alpha value is -0.390. The number of rotatable bonds is 2. The molecule has 5 heteroatoms. The average molecular weight is 178 g/mol. The van der Waals surface area contributed by atoms with Gasteiger partial charge in [-0.1, -0.05) is 6.08 Å². The number of hydrogen-bond acceptors (Lipinski definition) is 3. The number of ether oxygens (including phenoxy) is 1.